The van der Waals surface area contributed by atoms with Gasteiger partial charge in [-0.3, -0.25) is 4.84 Å². The molecule has 9 heteroatoms. The largest absolute Gasteiger partial charge is 0.413 e. The maximum absolute atomic E-state index is 11.4. The Bertz CT molecular complexity index is 240. The second-order valence-corrected chi connectivity index (χ2v) is 4.18. The molecular weight excluding hydrogens is 235 g/mol. The van der Waals surface area contributed by atoms with Crippen molar-refractivity contribution in [3.8, 4) is 0 Å². The molecule has 0 bridgehead atoms. The molecule has 0 saturated heterocycles. The third-order valence-electron chi connectivity index (χ3n) is 0.768. The van der Waals surface area contributed by atoms with Gasteiger partial charge in [-0.25, -0.2) is 8.42 Å². The van der Waals surface area contributed by atoms with Crippen LogP contribution in [0.2, 0.25) is 0 Å². The molecule has 0 aliphatic carbocycles. The van der Waals surface area contributed by atoms with E-state index in [9.17, 15) is 21.6 Å². The average molecular weight is 242 g/mol. The van der Waals surface area contributed by atoms with Crippen molar-refractivity contribution in [1.82, 2.24) is 4.89 Å². The number of rotatable bonds is 5. The Hall–Kier alpha value is -0.0500. The number of hydrogen-bond donors (Lipinski definition) is 1. The molecule has 0 aliphatic rings. The lowest BCUT2D eigenvalue weighted by Crippen LogP contribution is -2.31. The van der Waals surface area contributed by atoms with Crippen molar-refractivity contribution in [1.29, 1.82) is 0 Å². The molecule has 0 spiro atoms. The lowest BCUT2D eigenvalue weighted by molar-refractivity contribution is -0.181. The van der Waals surface area contributed by atoms with Gasteiger partial charge < -0.3 is 0 Å². The van der Waals surface area contributed by atoms with E-state index in [-0.39, 0.29) is 5.88 Å². The quantitative estimate of drug-likeness (QED) is 0.568. The normalized spacial score (nSPS) is 13.2. The SMILES string of the molecule is O=S(=O)(CCCl)NOCC(F)(F)F. The van der Waals surface area contributed by atoms with Gasteiger partial charge in [0.05, 0.1) is 5.75 Å². The van der Waals surface area contributed by atoms with Gasteiger partial charge in [0.1, 0.15) is 0 Å². The smallest absolute Gasteiger partial charge is 0.278 e. The molecule has 0 fully saturated rings. The Balaban J connectivity index is 3.77. The molecule has 0 aromatic carbocycles. The summed E-state index contributed by atoms with van der Waals surface area (Å²) in [5.41, 5.74) is 0. The van der Waals surface area contributed by atoms with Crippen LogP contribution in [0.25, 0.3) is 0 Å². The van der Waals surface area contributed by atoms with Crippen molar-refractivity contribution >= 4 is 21.6 Å². The summed E-state index contributed by atoms with van der Waals surface area (Å²) in [6, 6.07) is 0. The van der Waals surface area contributed by atoms with Crippen molar-refractivity contribution in [2.75, 3.05) is 18.2 Å². The number of sulfonamides is 1. The summed E-state index contributed by atoms with van der Waals surface area (Å²) in [5.74, 6) is -0.711. The van der Waals surface area contributed by atoms with Gasteiger partial charge in [-0.15, -0.1) is 11.6 Å². The lowest BCUT2D eigenvalue weighted by Gasteiger charge is -2.07. The summed E-state index contributed by atoms with van der Waals surface area (Å²) in [4.78, 5) is 4.98. The van der Waals surface area contributed by atoms with Gasteiger partial charge in [0.15, 0.2) is 6.61 Å². The standard InChI is InChI=1S/C4H7ClF3NO3S/c5-1-2-13(10,11)9-12-3-4(6,7)8/h9H,1-3H2. The second-order valence-electron chi connectivity index (χ2n) is 2.00. The summed E-state index contributed by atoms with van der Waals surface area (Å²) in [6.07, 6.45) is -4.57. The van der Waals surface area contributed by atoms with Crippen molar-refractivity contribution in [2.45, 2.75) is 6.18 Å². The van der Waals surface area contributed by atoms with Crippen LogP contribution in [0.1, 0.15) is 0 Å². The molecule has 4 nitrogen and oxygen atoms in total. The van der Waals surface area contributed by atoms with Crippen molar-refractivity contribution < 1.29 is 26.4 Å². The molecule has 0 atom stereocenters. The summed E-state index contributed by atoms with van der Waals surface area (Å²) >= 11 is 5.06. The zero-order valence-electron chi connectivity index (χ0n) is 6.27. The maximum atomic E-state index is 11.4. The number of hydrogen-bond acceptors (Lipinski definition) is 3. The fourth-order valence-corrected chi connectivity index (χ4v) is 1.48. The van der Waals surface area contributed by atoms with Crippen LogP contribution in [0.5, 0.6) is 0 Å². The van der Waals surface area contributed by atoms with Crippen molar-refractivity contribution in [2.24, 2.45) is 0 Å². The van der Waals surface area contributed by atoms with Crippen LogP contribution < -0.4 is 4.89 Å². The summed E-state index contributed by atoms with van der Waals surface area (Å²) < 4.78 is 55.5. The fraction of sp³-hybridized carbons (Fsp3) is 1.00. The molecule has 0 heterocycles. The predicted octanol–water partition coefficient (Wildman–Crippen LogP) is 0.638. The predicted molar refractivity (Wildman–Crippen MR) is 39.6 cm³/mol. The van der Waals surface area contributed by atoms with Gasteiger partial charge >= 0.3 is 6.18 Å². The number of nitrogens with one attached hydrogen (secondary N) is 1. The number of alkyl halides is 4. The van der Waals surface area contributed by atoms with E-state index in [2.05, 4.69) is 4.84 Å². The van der Waals surface area contributed by atoms with E-state index >= 15 is 0 Å². The minimum absolute atomic E-state index is 0.218. The van der Waals surface area contributed by atoms with Crippen LogP contribution in [-0.4, -0.2) is 32.8 Å². The zero-order valence-corrected chi connectivity index (χ0v) is 7.84. The van der Waals surface area contributed by atoms with Crippen LogP contribution >= 0.6 is 11.6 Å². The Morgan fingerprint density at radius 2 is 1.92 bits per heavy atom. The Morgan fingerprint density at radius 3 is 2.31 bits per heavy atom. The minimum atomic E-state index is -4.57. The first kappa shape index (κ1) is 12.9. The highest BCUT2D eigenvalue weighted by Crippen LogP contribution is 2.13. The highest BCUT2D eigenvalue weighted by atomic mass is 35.5. The van der Waals surface area contributed by atoms with E-state index in [0.717, 1.165) is 0 Å². The van der Waals surface area contributed by atoms with Gasteiger partial charge in [-0.2, -0.15) is 13.2 Å². The third kappa shape index (κ3) is 8.28. The molecule has 13 heavy (non-hydrogen) atoms. The molecule has 0 amide bonds. The first-order valence-corrected chi connectivity index (χ1v) is 5.19. The molecule has 0 unspecified atom stereocenters. The fourth-order valence-electron chi connectivity index (χ4n) is 0.344. The average Bonchev–Trinajstić information content (AvgIpc) is 1.82. The van der Waals surface area contributed by atoms with Crippen molar-refractivity contribution in [3.63, 3.8) is 0 Å². The monoisotopic (exact) mass is 241 g/mol. The molecule has 0 radical (unpaired) electrons. The van der Waals surface area contributed by atoms with Gasteiger partial charge in [0.2, 0.25) is 10.0 Å². The van der Waals surface area contributed by atoms with Gasteiger partial charge in [-0.1, -0.05) is 4.89 Å². The van der Waals surface area contributed by atoms with Crippen LogP contribution in [0.15, 0.2) is 0 Å². The van der Waals surface area contributed by atoms with Crippen LogP contribution in [0.3, 0.4) is 0 Å². The van der Waals surface area contributed by atoms with E-state index in [0.29, 0.717) is 0 Å². The van der Waals surface area contributed by atoms with E-state index < -0.39 is 28.6 Å². The molecule has 0 saturated carbocycles. The van der Waals surface area contributed by atoms with E-state index in [1.807, 2.05) is 0 Å². The van der Waals surface area contributed by atoms with Gasteiger partial charge in [0, 0.05) is 5.88 Å². The zero-order chi connectivity index (χ0) is 10.5. The lowest BCUT2D eigenvalue weighted by atomic mass is 10.7. The summed E-state index contributed by atoms with van der Waals surface area (Å²) in [7, 11) is -3.86. The molecular formula is C4H7ClF3NO3S. The summed E-state index contributed by atoms with van der Waals surface area (Å²) in [6.45, 7) is -1.67. The molecule has 0 aromatic rings. The Labute approximate surface area is 78.0 Å². The van der Waals surface area contributed by atoms with Crippen molar-refractivity contribution in [3.05, 3.63) is 0 Å². The first-order valence-electron chi connectivity index (χ1n) is 3.01. The molecule has 0 rings (SSSR count). The number of halogens is 4. The molecule has 0 aromatic heterocycles. The highest BCUT2D eigenvalue weighted by Gasteiger charge is 2.28. The molecule has 1 N–H and O–H groups in total. The van der Waals surface area contributed by atoms with Crippen LogP contribution in [0, 0.1) is 0 Å². The third-order valence-corrected chi connectivity index (χ3v) is 2.29. The molecule has 80 valence electrons. The highest BCUT2D eigenvalue weighted by molar-refractivity contribution is 7.89. The second kappa shape index (κ2) is 4.99. The van der Waals surface area contributed by atoms with E-state index in [1.165, 1.54) is 4.89 Å². The first-order chi connectivity index (χ1) is 5.77. The maximum Gasteiger partial charge on any atom is 0.413 e. The van der Waals surface area contributed by atoms with E-state index in [1.54, 1.807) is 0 Å². The van der Waals surface area contributed by atoms with Crippen LogP contribution in [0.4, 0.5) is 13.2 Å². The topological polar surface area (TPSA) is 55.4 Å². The Kier molecular flexibility index (Phi) is 4.97. The molecule has 0 aliphatic heterocycles. The van der Waals surface area contributed by atoms with Crippen LogP contribution in [-0.2, 0) is 14.9 Å². The van der Waals surface area contributed by atoms with Gasteiger partial charge in [-0.05, 0) is 0 Å². The summed E-state index contributed by atoms with van der Waals surface area (Å²) in [5, 5.41) is 0. The Morgan fingerprint density at radius 1 is 1.38 bits per heavy atom. The minimum Gasteiger partial charge on any atom is -0.278 e. The van der Waals surface area contributed by atoms with Gasteiger partial charge in [0.25, 0.3) is 0 Å². The van der Waals surface area contributed by atoms with E-state index in [4.69, 9.17) is 11.6 Å².